The number of carboxylic acids is 1. The fraction of sp³-hybridized carbons (Fsp3) is 0.462. The Labute approximate surface area is 209 Å². The van der Waals surface area contributed by atoms with Gasteiger partial charge in [-0.2, -0.15) is 0 Å². The first-order valence-electron chi connectivity index (χ1n) is 12.0. The Bertz CT molecular complexity index is 1150. The van der Waals surface area contributed by atoms with Gasteiger partial charge in [0.2, 0.25) is 11.8 Å². The van der Waals surface area contributed by atoms with E-state index in [2.05, 4.69) is 15.6 Å². The summed E-state index contributed by atoms with van der Waals surface area (Å²) < 4.78 is 0. The van der Waals surface area contributed by atoms with Crippen LogP contribution in [-0.2, 0) is 19.2 Å². The summed E-state index contributed by atoms with van der Waals surface area (Å²) in [6.07, 6.45) is 3.10. The molecule has 2 heterocycles. The second-order valence-corrected chi connectivity index (χ2v) is 10.0. The van der Waals surface area contributed by atoms with E-state index in [1.165, 1.54) is 11.1 Å². The molecule has 192 valence electrons. The van der Waals surface area contributed by atoms with E-state index in [0.717, 1.165) is 5.39 Å². The lowest BCUT2D eigenvalue weighted by Gasteiger charge is -2.40. The number of nitrogens with one attached hydrogen (secondary N) is 2. The van der Waals surface area contributed by atoms with Crippen LogP contribution in [0.1, 0.15) is 56.9 Å². The van der Waals surface area contributed by atoms with Gasteiger partial charge in [0.1, 0.15) is 24.1 Å². The number of pyridine rings is 1. The molecule has 0 unspecified atom stereocenters. The maximum absolute atomic E-state index is 13.8. The summed E-state index contributed by atoms with van der Waals surface area (Å²) in [5.41, 5.74) is -0.490. The molecule has 3 amide bonds. The molecule has 10 heteroatoms. The van der Waals surface area contributed by atoms with Gasteiger partial charge in [-0.1, -0.05) is 45.0 Å². The number of hydrogen-bond donors (Lipinski definition) is 3. The number of fused-ring (bicyclic) bond motifs is 1. The Hall–Kier alpha value is -3.82. The molecule has 36 heavy (non-hydrogen) atoms. The SMILES string of the molecule is CC(C)(C)[C@H](NC(=O)c1nccc2ccccc12)C(=O)N1CCCC[C@H]1C(=O)N[C@H](C=O)CC(=O)O. The van der Waals surface area contributed by atoms with E-state index in [9.17, 15) is 24.0 Å². The van der Waals surface area contributed by atoms with Crippen molar-refractivity contribution in [3.63, 3.8) is 0 Å². The summed E-state index contributed by atoms with van der Waals surface area (Å²) in [7, 11) is 0. The minimum atomic E-state index is -1.22. The quantitative estimate of drug-likeness (QED) is 0.473. The van der Waals surface area contributed by atoms with Crippen molar-refractivity contribution in [2.24, 2.45) is 5.41 Å². The average Bonchev–Trinajstić information content (AvgIpc) is 2.84. The highest BCUT2D eigenvalue weighted by molar-refractivity contribution is 6.06. The molecule has 0 saturated carbocycles. The predicted molar refractivity (Wildman–Crippen MR) is 132 cm³/mol. The minimum Gasteiger partial charge on any atom is -0.481 e. The molecule has 3 N–H and O–H groups in total. The fourth-order valence-corrected chi connectivity index (χ4v) is 4.38. The number of carboxylic acid groups (broad SMARTS) is 1. The maximum atomic E-state index is 13.8. The van der Waals surface area contributed by atoms with Gasteiger partial charge in [0, 0.05) is 18.1 Å². The van der Waals surface area contributed by atoms with Crippen molar-refractivity contribution in [3.05, 3.63) is 42.2 Å². The van der Waals surface area contributed by atoms with Gasteiger partial charge in [0.25, 0.3) is 5.91 Å². The Morgan fingerprint density at radius 2 is 1.86 bits per heavy atom. The second kappa shape index (κ2) is 11.3. The summed E-state index contributed by atoms with van der Waals surface area (Å²) in [5.74, 6) is -2.73. The smallest absolute Gasteiger partial charge is 0.305 e. The maximum Gasteiger partial charge on any atom is 0.305 e. The highest BCUT2D eigenvalue weighted by Gasteiger charge is 2.41. The highest BCUT2D eigenvalue weighted by atomic mass is 16.4. The van der Waals surface area contributed by atoms with Gasteiger partial charge in [0.15, 0.2) is 0 Å². The van der Waals surface area contributed by atoms with E-state index in [1.54, 1.807) is 18.2 Å². The van der Waals surface area contributed by atoms with Crippen LogP contribution >= 0.6 is 0 Å². The van der Waals surface area contributed by atoms with Crippen LogP contribution in [0.4, 0.5) is 0 Å². The summed E-state index contributed by atoms with van der Waals surface area (Å²) in [6, 6.07) is 6.10. The van der Waals surface area contributed by atoms with Gasteiger partial charge in [0.05, 0.1) is 12.5 Å². The van der Waals surface area contributed by atoms with Crippen molar-refractivity contribution in [3.8, 4) is 0 Å². The van der Waals surface area contributed by atoms with Crippen molar-refractivity contribution in [2.45, 2.75) is 64.6 Å². The molecule has 0 spiro atoms. The van der Waals surface area contributed by atoms with Gasteiger partial charge in [-0.3, -0.25) is 24.2 Å². The van der Waals surface area contributed by atoms with Gasteiger partial charge in [-0.25, -0.2) is 0 Å². The number of likely N-dealkylation sites (tertiary alicyclic amines) is 1. The van der Waals surface area contributed by atoms with Crippen LogP contribution in [0.15, 0.2) is 36.5 Å². The number of aliphatic carboxylic acids is 1. The van der Waals surface area contributed by atoms with Crippen LogP contribution < -0.4 is 10.6 Å². The first-order chi connectivity index (χ1) is 17.0. The molecular formula is C26H32N4O6. The number of rotatable bonds is 8. The van der Waals surface area contributed by atoms with Crippen LogP contribution in [-0.4, -0.2) is 69.6 Å². The minimum absolute atomic E-state index is 0.200. The Kier molecular flexibility index (Phi) is 8.39. The molecule has 1 aromatic carbocycles. The number of aromatic nitrogens is 1. The highest BCUT2D eigenvalue weighted by Crippen LogP contribution is 2.26. The van der Waals surface area contributed by atoms with Gasteiger partial charge in [-0.05, 0) is 36.1 Å². The van der Waals surface area contributed by atoms with Crippen LogP contribution in [0.3, 0.4) is 0 Å². The zero-order valence-corrected chi connectivity index (χ0v) is 20.7. The van der Waals surface area contributed by atoms with Crippen molar-refractivity contribution >= 4 is 40.7 Å². The molecule has 1 aromatic heterocycles. The molecule has 0 radical (unpaired) electrons. The van der Waals surface area contributed by atoms with Gasteiger partial charge < -0.3 is 25.4 Å². The topological polar surface area (TPSA) is 146 Å². The number of piperidine rings is 1. The molecule has 1 fully saturated rings. The monoisotopic (exact) mass is 496 g/mol. The standard InChI is InChI=1S/C26H32N4O6/c1-26(2,3)22(29-24(35)21-18-9-5-4-8-16(18)11-12-27-21)25(36)30-13-7-6-10-19(30)23(34)28-17(15-31)14-20(32)33/h4-5,8-9,11-12,15,17,19,22H,6-7,10,13-14H2,1-3H3,(H,28,34)(H,29,35)(H,32,33)/t17-,19-,22+/m0/s1. The first kappa shape index (κ1) is 26.8. The molecule has 10 nitrogen and oxygen atoms in total. The normalized spacial score (nSPS) is 17.6. The second-order valence-electron chi connectivity index (χ2n) is 10.0. The third-order valence-corrected chi connectivity index (χ3v) is 6.25. The molecule has 1 aliphatic rings. The zero-order chi connectivity index (χ0) is 26.5. The van der Waals surface area contributed by atoms with E-state index in [0.29, 0.717) is 37.5 Å². The molecule has 3 atom stereocenters. The molecular weight excluding hydrogens is 464 g/mol. The van der Waals surface area contributed by atoms with Crippen LogP contribution in [0.2, 0.25) is 0 Å². The van der Waals surface area contributed by atoms with Crippen molar-refractivity contribution in [1.29, 1.82) is 0 Å². The lowest BCUT2D eigenvalue weighted by atomic mass is 9.84. The van der Waals surface area contributed by atoms with Crippen molar-refractivity contribution < 1.29 is 29.1 Å². The third kappa shape index (κ3) is 6.24. The number of nitrogens with zero attached hydrogens (tertiary/aromatic N) is 2. The largest absolute Gasteiger partial charge is 0.481 e. The number of benzene rings is 1. The van der Waals surface area contributed by atoms with E-state index in [1.807, 2.05) is 32.9 Å². The summed E-state index contributed by atoms with van der Waals surface area (Å²) in [4.78, 5) is 67.9. The lowest BCUT2D eigenvalue weighted by molar-refractivity contribution is -0.146. The number of carbonyl (C=O) groups is 5. The van der Waals surface area contributed by atoms with Gasteiger partial charge in [-0.15, -0.1) is 0 Å². The zero-order valence-electron chi connectivity index (χ0n) is 20.7. The van der Waals surface area contributed by atoms with E-state index >= 15 is 0 Å². The van der Waals surface area contributed by atoms with E-state index < -0.39 is 53.7 Å². The summed E-state index contributed by atoms with van der Waals surface area (Å²) in [5, 5.41) is 15.7. The first-order valence-corrected chi connectivity index (χ1v) is 12.0. The number of aldehydes is 1. The number of carbonyl (C=O) groups excluding carboxylic acids is 4. The van der Waals surface area contributed by atoms with E-state index in [4.69, 9.17) is 5.11 Å². The molecule has 2 aromatic rings. The molecule has 0 aliphatic carbocycles. The predicted octanol–water partition coefficient (Wildman–Crippen LogP) is 1.92. The van der Waals surface area contributed by atoms with Crippen molar-refractivity contribution in [1.82, 2.24) is 20.5 Å². The molecule has 1 aliphatic heterocycles. The number of hydrogen-bond acceptors (Lipinski definition) is 6. The van der Waals surface area contributed by atoms with Crippen LogP contribution in [0.25, 0.3) is 10.8 Å². The third-order valence-electron chi connectivity index (χ3n) is 6.25. The Morgan fingerprint density at radius 1 is 1.14 bits per heavy atom. The molecule has 1 saturated heterocycles. The van der Waals surface area contributed by atoms with E-state index in [-0.39, 0.29) is 5.69 Å². The lowest BCUT2D eigenvalue weighted by Crippen LogP contribution is -2.61. The summed E-state index contributed by atoms with van der Waals surface area (Å²) >= 11 is 0. The molecule has 0 bridgehead atoms. The van der Waals surface area contributed by atoms with Gasteiger partial charge >= 0.3 is 5.97 Å². The number of amides is 3. The molecule has 3 rings (SSSR count). The van der Waals surface area contributed by atoms with Crippen LogP contribution in [0, 0.1) is 5.41 Å². The Balaban J connectivity index is 1.84. The summed E-state index contributed by atoms with van der Waals surface area (Å²) in [6.45, 7) is 5.76. The Morgan fingerprint density at radius 3 is 2.53 bits per heavy atom. The van der Waals surface area contributed by atoms with Crippen molar-refractivity contribution in [2.75, 3.05) is 6.54 Å². The fourth-order valence-electron chi connectivity index (χ4n) is 4.38. The van der Waals surface area contributed by atoms with Crippen LogP contribution in [0.5, 0.6) is 0 Å². The average molecular weight is 497 g/mol.